The van der Waals surface area contributed by atoms with Crippen LogP contribution < -0.4 is 0 Å². The SMILES string of the molecule is CCOC(=O)CC(O)/C=C/c1c(C2CC2)nc2ccccc2c1-c1ccc(F)cc1. The molecule has 0 amide bonds. The second kappa shape index (κ2) is 8.76. The van der Waals surface area contributed by atoms with Crippen molar-refractivity contribution in [2.45, 2.75) is 38.2 Å². The van der Waals surface area contributed by atoms with Gasteiger partial charge in [0.15, 0.2) is 0 Å². The van der Waals surface area contributed by atoms with E-state index in [1.807, 2.05) is 30.3 Å². The average molecular weight is 405 g/mol. The minimum absolute atomic E-state index is 0.101. The van der Waals surface area contributed by atoms with E-state index in [2.05, 4.69) is 0 Å². The molecule has 1 atom stereocenters. The number of halogens is 1. The van der Waals surface area contributed by atoms with Gasteiger partial charge in [0.05, 0.1) is 30.3 Å². The Kier molecular flexibility index (Phi) is 5.91. The summed E-state index contributed by atoms with van der Waals surface area (Å²) >= 11 is 0. The topological polar surface area (TPSA) is 59.4 Å². The van der Waals surface area contributed by atoms with Crippen molar-refractivity contribution in [3.63, 3.8) is 0 Å². The van der Waals surface area contributed by atoms with E-state index < -0.39 is 12.1 Å². The van der Waals surface area contributed by atoms with Crippen LogP contribution >= 0.6 is 0 Å². The predicted octanol–water partition coefficient (Wildman–Crippen LogP) is 5.25. The number of benzene rings is 2. The Balaban J connectivity index is 1.83. The maximum atomic E-state index is 13.6. The van der Waals surface area contributed by atoms with Gasteiger partial charge in [-0.1, -0.05) is 42.5 Å². The summed E-state index contributed by atoms with van der Waals surface area (Å²) in [7, 11) is 0. The summed E-state index contributed by atoms with van der Waals surface area (Å²) in [5, 5.41) is 11.3. The first-order valence-electron chi connectivity index (χ1n) is 10.3. The number of hydrogen-bond donors (Lipinski definition) is 1. The van der Waals surface area contributed by atoms with E-state index in [4.69, 9.17) is 9.72 Å². The van der Waals surface area contributed by atoms with Crippen molar-refractivity contribution in [3.8, 4) is 11.1 Å². The number of rotatable bonds is 7. The Morgan fingerprint density at radius 3 is 2.67 bits per heavy atom. The number of carbonyl (C=O) groups is 1. The molecule has 2 aromatic carbocycles. The van der Waals surface area contributed by atoms with Gasteiger partial charge in [-0.05, 0) is 43.5 Å². The van der Waals surface area contributed by atoms with Crippen molar-refractivity contribution in [3.05, 3.63) is 71.7 Å². The van der Waals surface area contributed by atoms with Gasteiger partial charge in [-0.15, -0.1) is 0 Å². The molecule has 1 heterocycles. The average Bonchev–Trinajstić information content (AvgIpc) is 3.57. The van der Waals surface area contributed by atoms with Gasteiger partial charge in [0.25, 0.3) is 0 Å². The lowest BCUT2D eigenvalue weighted by Gasteiger charge is -2.16. The summed E-state index contributed by atoms with van der Waals surface area (Å²) in [4.78, 5) is 16.6. The Morgan fingerprint density at radius 1 is 1.23 bits per heavy atom. The molecule has 154 valence electrons. The highest BCUT2D eigenvalue weighted by Crippen LogP contribution is 2.45. The van der Waals surface area contributed by atoms with Gasteiger partial charge in [-0.3, -0.25) is 9.78 Å². The molecule has 1 saturated carbocycles. The second-order valence-electron chi connectivity index (χ2n) is 7.52. The number of aromatic nitrogens is 1. The molecule has 0 spiro atoms. The van der Waals surface area contributed by atoms with Crippen LogP contribution in [0.3, 0.4) is 0 Å². The minimum Gasteiger partial charge on any atom is -0.466 e. The highest BCUT2D eigenvalue weighted by Gasteiger charge is 2.29. The number of para-hydroxylation sites is 1. The molecular weight excluding hydrogens is 381 g/mol. The number of aliphatic hydroxyl groups excluding tert-OH is 1. The molecule has 0 saturated heterocycles. The molecule has 3 aromatic rings. The van der Waals surface area contributed by atoms with Crippen LogP contribution in [0.15, 0.2) is 54.6 Å². The third kappa shape index (κ3) is 4.41. The number of carbonyl (C=O) groups excluding carboxylic acids is 1. The van der Waals surface area contributed by atoms with Gasteiger partial charge in [-0.25, -0.2) is 4.39 Å². The number of ether oxygens (including phenoxy) is 1. The normalized spacial score (nSPS) is 14.9. The lowest BCUT2D eigenvalue weighted by molar-refractivity contribution is -0.144. The summed E-state index contributed by atoms with van der Waals surface area (Å²) < 4.78 is 18.5. The fourth-order valence-electron chi connectivity index (χ4n) is 3.68. The molecular formula is C25H24FNO3. The van der Waals surface area contributed by atoms with Crippen LogP contribution in [0.5, 0.6) is 0 Å². The standard InChI is InChI=1S/C25H24FNO3/c1-2-30-23(29)15-19(28)13-14-21-24(16-9-11-18(26)12-10-16)20-5-3-4-6-22(20)27-25(21)17-7-8-17/h3-6,9-14,17,19,28H,2,7-8,15H2,1H3/b14-13+. The zero-order valence-electron chi connectivity index (χ0n) is 16.8. The summed E-state index contributed by atoms with van der Waals surface area (Å²) in [6, 6.07) is 14.3. The number of nitrogens with zero attached hydrogens (tertiary/aromatic N) is 1. The van der Waals surface area contributed by atoms with Crippen LogP contribution in [-0.4, -0.2) is 28.8 Å². The van der Waals surface area contributed by atoms with Crippen LogP contribution in [0.4, 0.5) is 4.39 Å². The van der Waals surface area contributed by atoms with Crippen molar-refractivity contribution in [1.29, 1.82) is 0 Å². The van der Waals surface area contributed by atoms with Crippen molar-refractivity contribution in [2.75, 3.05) is 6.61 Å². The van der Waals surface area contributed by atoms with Crippen LogP contribution in [0.2, 0.25) is 0 Å². The zero-order chi connectivity index (χ0) is 21.1. The number of esters is 1. The van der Waals surface area contributed by atoms with E-state index >= 15 is 0 Å². The van der Waals surface area contributed by atoms with E-state index in [9.17, 15) is 14.3 Å². The van der Waals surface area contributed by atoms with Gasteiger partial charge >= 0.3 is 5.97 Å². The fraction of sp³-hybridized carbons (Fsp3) is 0.280. The summed E-state index contributed by atoms with van der Waals surface area (Å²) in [6.45, 7) is 2.02. The second-order valence-corrected chi connectivity index (χ2v) is 7.52. The molecule has 30 heavy (non-hydrogen) atoms. The quantitative estimate of drug-likeness (QED) is 0.546. The lowest BCUT2D eigenvalue weighted by Crippen LogP contribution is -2.13. The van der Waals surface area contributed by atoms with Crippen LogP contribution in [0.25, 0.3) is 28.1 Å². The molecule has 5 heteroatoms. The van der Waals surface area contributed by atoms with Crippen molar-refractivity contribution < 1.29 is 19.0 Å². The molecule has 1 aliphatic rings. The maximum Gasteiger partial charge on any atom is 0.308 e. The highest BCUT2D eigenvalue weighted by atomic mass is 19.1. The van der Waals surface area contributed by atoms with Gasteiger partial charge < -0.3 is 9.84 Å². The van der Waals surface area contributed by atoms with Gasteiger partial charge in [0, 0.05) is 22.4 Å². The van der Waals surface area contributed by atoms with E-state index in [0.717, 1.165) is 46.1 Å². The maximum absolute atomic E-state index is 13.6. The summed E-state index contributed by atoms with van der Waals surface area (Å²) in [6.07, 6.45) is 4.54. The third-order valence-electron chi connectivity index (χ3n) is 5.22. The molecule has 1 unspecified atom stereocenters. The summed E-state index contributed by atoms with van der Waals surface area (Å²) in [5.41, 5.74) is 4.62. The molecule has 1 fully saturated rings. The molecule has 4 rings (SSSR count). The van der Waals surface area contributed by atoms with E-state index in [1.165, 1.54) is 12.1 Å². The molecule has 1 aromatic heterocycles. The van der Waals surface area contributed by atoms with E-state index in [1.54, 1.807) is 25.1 Å². The lowest BCUT2D eigenvalue weighted by atomic mass is 9.92. The van der Waals surface area contributed by atoms with Gasteiger partial charge in [0.2, 0.25) is 0 Å². The first-order chi connectivity index (χ1) is 14.6. The van der Waals surface area contributed by atoms with Crippen LogP contribution in [0, 0.1) is 5.82 Å². The predicted molar refractivity (Wildman–Crippen MR) is 115 cm³/mol. The Labute approximate surface area is 175 Å². The van der Waals surface area contributed by atoms with Gasteiger partial charge in [0.1, 0.15) is 5.82 Å². The fourth-order valence-corrected chi connectivity index (χ4v) is 3.68. The molecule has 1 aliphatic carbocycles. The van der Waals surface area contributed by atoms with Crippen molar-refractivity contribution >= 4 is 22.9 Å². The molecule has 1 N–H and O–H groups in total. The molecule has 4 nitrogen and oxygen atoms in total. The van der Waals surface area contributed by atoms with Crippen molar-refractivity contribution in [1.82, 2.24) is 4.98 Å². The van der Waals surface area contributed by atoms with Crippen LogP contribution in [-0.2, 0) is 9.53 Å². The Hall–Kier alpha value is -3.05. The van der Waals surface area contributed by atoms with E-state index in [0.29, 0.717) is 5.92 Å². The van der Waals surface area contributed by atoms with Gasteiger partial charge in [-0.2, -0.15) is 0 Å². The molecule has 0 bridgehead atoms. The zero-order valence-corrected chi connectivity index (χ0v) is 16.8. The monoisotopic (exact) mass is 405 g/mol. The Bertz CT molecular complexity index is 1090. The Morgan fingerprint density at radius 2 is 1.97 bits per heavy atom. The largest absolute Gasteiger partial charge is 0.466 e. The third-order valence-corrected chi connectivity index (χ3v) is 5.22. The highest BCUT2D eigenvalue weighted by molar-refractivity contribution is 5.99. The molecule has 0 aliphatic heterocycles. The van der Waals surface area contributed by atoms with Crippen molar-refractivity contribution in [2.24, 2.45) is 0 Å². The number of fused-ring (bicyclic) bond motifs is 1. The minimum atomic E-state index is -0.955. The number of aliphatic hydroxyl groups is 1. The van der Waals surface area contributed by atoms with E-state index in [-0.39, 0.29) is 18.8 Å². The summed E-state index contributed by atoms with van der Waals surface area (Å²) in [5.74, 6) is -0.357. The number of pyridine rings is 1. The molecule has 0 radical (unpaired) electrons. The van der Waals surface area contributed by atoms with Crippen LogP contribution in [0.1, 0.15) is 43.4 Å². The smallest absolute Gasteiger partial charge is 0.308 e. The number of hydrogen-bond acceptors (Lipinski definition) is 4. The first-order valence-corrected chi connectivity index (χ1v) is 10.3. The first kappa shape index (κ1) is 20.2.